The molecule has 9 heteroatoms. The van der Waals surface area contributed by atoms with Gasteiger partial charge in [0.25, 0.3) is 11.8 Å². The van der Waals surface area contributed by atoms with Gasteiger partial charge in [0.05, 0.1) is 11.1 Å². The summed E-state index contributed by atoms with van der Waals surface area (Å²) in [6.07, 6.45) is -4.82. The molecular weight excluding hydrogens is 389 g/mol. The summed E-state index contributed by atoms with van der Waals surface area (Å²) < 4.78 is 40.5. The summed E-state index contributed by atoms with van der Waals surface area (Å²) in [4.78, 5) is 39.1. The lowest BCUT2D eigenvalue weighted by Gasteiger charge is -2.28. The number of nitrogens with zero attached hydrogens (tertiary/aromatic N) is 1. The van der Waals surface area contributed by atoms with Crippen molar-refractivity contribution in [2.75, 3.05) is 5.32 Å². The average Bonchev–Trinajstić information content (AvgIpc) is 2.88. The molecule has 0 aliphatic carbocycles. The number of rotatable bonds is 5. The maximum atomic E-state index is 12.8. The first-order chi connectivity index (χ1) is 13.6. The third-order valence-corrected chi connectivity index (χ3v) is 4.36. The zero-order chi connectivity index (χ0) is 21.3. The molecule has 1 atom stereocenters. The normalized spacial score (nSPS) is 14.8. The molecule has 1 unspecified atom stereocenters. The smallest absolute Gasteiger partial charge is 0.406 e. The van der Waals surface area contributed by atoms with Crippen molar-refractivity contribution in [3.8, 4) is 5.75 Å². The Bertz CT molecular complexity index is 920. The van der Waals surface area contributed by atoms with Gasteiger partial charge < -0.3 is 10.1 Å². The van der Waals surface area contributed by atoms with Gasteiger partial charge in [-0.15, -0.1) is 13.2 Å². The number of halogens is 3. The molecule has 0 spiro atoms. The lowest BCUT2D eigenvalue weighted by atomic mass is 10.0. The lowest BCUT2D eigenvalue weighted by Crippen LogP contribution is -2.50. The van der Waals surface area contributed by atoms with Gasteiger partial charge in [0, 0.05) is 5.69 Å². The van der Waals surface area contributed by atoms with Crippen molar-refractivity contribution in [3.63, 3.8) is 0 Å². The number of benzene rings is 2. The van der Waals surface area contributed by atoms with Crippen LogP contribution >= 0.6 is 0 Å². The quantitative estimate of drug-likeness (QED) is 0.766. The van der Waals surface area contributed by atoms with Gasteiger partial charge in [-0.2, -0.15) is 0 Å². The highest BCUT2D eigenvalue weighted by Gasteiger charge is 2.43. The Morgan fingerprint density at radius 3 is 1.93 bits per heavy atom. The fourth-order valence-corrected chi connectivity index (χ4v) is 3.13. The van der Waals surface area contributed by atoms with Gasteiger partial charge in [-0.3, -0.25) is 19.3 Å². The van der Waals surface area contributed by atoms with Gasteiger partial charge in [0.15, 0.2) is 0 Å². The molecule has 1 aliphatic heterocycles. The molecule has 0 fully saturated rings. The Morgan fingerprint density at radius 1 is 0.966 bits per heavy atom. The molecule has 2 aromatic carbocycles. The largest absolute Gasteiger partial charge is 0.573 e. The van der Waals surface area contributed by atoms with Gasteiger partial charge in [0.2, 0.25) is 5.91 Å². The van der Waals surface area contributed by atoms with E-state index < -0.39 is 41.8 Å². The number of anilines is 1. The van der Waals surface area contributed by atoms with Crippen LogP contribution in [0.25, 0.3) is 0 Å². The van der Waals surface area contributed by atoms with Crippen LogP contribution in [0.5, 0.6) is 5.75 Å². The molecule has 2 aromatic rings. The SMILES string of the molecule is CC(C)C(C(=O)Nc1ccc(OC(F)(F)F)cc1)N1C(=O)c2ccccc2C1=O. The zero-order valence-corrected chi connectivity index (χ0v) is 15.5. The minimum absolute atomic E-state index is 0.201. The Balaban J connectivity index is 1.79. The van der Waals surface area contributed by atoms with Crippen molar-refractivity contribution < 1.29 is 32.3 Å². The third-order valence-electron chi connectivity index (χ3n) is 4.36. The number of amides is 3. The van der Waals surface area contributed by atoms with Gasteiger partial charge in [-0.1, -0.05) is 26.0 Å². The number of imide groups is 1. The maximum Gasteiger partial charge on any atom is 0.573 e. The van der Waals surface area contributed by atoms with E-state index in [2.05, 4.69) is 10.1 Å². The highest BCUT2D eigenvalue weighted by atomic mass is 19.4. The van der Waals surface area contributed by atoms with Crippen molar-refractivity contribution in [1.82, 2.24) is 4.90 Å². The molecule has 3 rings (SSSR count). The van der Waals surface area contributed by atoms with E-state index in [9.17, 15) is 27.6 Å². The Kier molecular flexibility index (Phi) is 5.32. The maximum absolute atomic E-state index is 12.8. The number of hydrogen-bond donors (Lipinski definition) is 1. The second kappa shape index (κ2) is 7.57. The van der Waals surface area contributed by atoms with E-state index in [1.807, 2.05) is 0 Å². The first-order valence-corrected chi connectivity index (χ1v) is 8.72. The number of carbonyl (C=O) groups is 3. The molecule has 0 radical (unpaired) electrons. The monoisotopic (exact) mass is 406 g/mol. The van der Waals surface area contributed by atoms with Crippen LogP contribution in [0.2, 0.25) is 0 Å². The minimum atomic E-state index is -4.82. The van der Waals surface area contributed by atoms with Crippen LogP contribution in [0.15, 0.2) is 48.5 Å². The summed E-state index contributed by atoms with van der Waals surface area (Å²) in [7, 11) is 0. The molecule has 1 N–H and O–H groups in total. The number of carbonyl (C=O) groups excluding carboxylic acids is 3. The van der Waals surface area contributed by atoms with Crippen LogP contribution in [-0.2, 0) is 4.79 Å². The van der Waals surface area contributed by atoms with E-state index in [1.54, 1.807) is 26.0 Å². The first kappa shape index (κ1) is 20.4. The van der Waals surface area contributed by atoms with Gasteiger partial charge >= 0.3 is 6.36 Å². The van der Waals surface area contributed by atoms with Crippen LogP contribution in [0.3, 0.4) is 0 Å². The van der Waals surface area contributed by atoms with Crippen LogP contribution in [-0.4, -0.2) is 35.0 Å². The fraction of sp³-hybridized carbons (Fsp3) is 0.250. The minimum Gasteiger partial charge on any atom is -0.406 e. The highest BCUT2D eigenvalue weighted by Crippen LogP contribution is 2.28. The fourth-order valence-electron chi connectivity index (χ4n) is 3.13. The van der Waals surface area contributed by atoms with Crippen LogP contribution in [0, 0.1) is 5.92 Å². The predicted molar refractivity (Wildman–Crippen MR) is 97.3 cm³/mol. The number of hydrogen-bond acceptors (Lipinski definition) is 4. The molecule has 0 saturated heterocycles. The average molecular weight is 406 g/mol. The zero-order valence-electron chi connectivity index (χ0n) is 15.5. The van der Waals surface area contributed by atoms with Crippen molar-refractivity contribution in [2.45, 2.75) is 26.3 Å². The van der Waals surface area contributed by atoms with E-state index in [-0.39, 0.29) is 16.8 Å². The molecule has 6 nitrogen and oxygen atoms in total. The number of alkyl halides is 3. The van der Waals surface area contributed by atoms with Crippen molar-refractivity contribution in [3.05, 3.63) is 59.7 Å². The van der Waals surface area contributed by atoms with E-state index in [1.165, 1.54) is 24.3 Å². The predicted octanol–water partition coefficient (Wildman–Crippen LogP) is 3.84. The standard InChI is InChI=1S/C20H17F3N2O4/c1-11(2)16(25-18(27)14-5-3-4-6-15(14)19(25)28)17(26)24-12-7-9-13(10-8-12)29-20(21,22)23/h3-11,16H,1-2H3,(H,24,26). The third kappa shape index (κ3) is 4.23. The lowest BCUT2D eigenvalue weighted by molar-refractivity contribution is -0.274. The molecule has 29 heavy (non-hydrogen) atoms. The van der Waals surface area contributed by atoms with E-state index in [4.69, 9.17) is 0 Å². The van der Waals surface area contributed by atoms with Crippen LogP contribution in [0.1, 0.15) is 34.6 Å². The molecule has 0 saturated carbocycles. The van der Waals surface area contributed by atoms with Gasteiger partial charge in [-0.25, -0.2) is 0 Å². The van der Waals surface area contributed by atoms with E-state index in [0.29, 0.717) is 0 Å². The van der Waals surface area contributed by atoms with Gasteiger partial charge in [-0.05, 0) is 42.3 Å². The first-order valence-electron chi connectivity index (χ1n) is 8.72. The molecule has 1 heterocycles. The molecule has 1 aliphatic rings. The molecule has 152 valence electrons. The van der Waals surface area contributed by atoms with Crippen LogP contribution < -0.4 is 10.1 Å². The van der Waals surface area contributed by atoms with E-state index >= 15 is 0 Å². The summed E-state index contributed by atoms with van der Waals surface area (Å²) in [5.74, 6) is -2.58. The molecule has 0 aromatic heterocycles. The van der Waals surface area contributed by atoms with Crippen LogP contribution in [0.4, 0.5) is 18.9 Å². The van der Waals surface area contributed by atoms with E-state index in [0.717, 1.165) is 17.0 Å². The summed E-state index contributed by atoms with van der Waals surface area (Å²) in [5, 5.41) is 2.54. The summed E-state index contributed by atoms with van der Waals surface area (Å²) in [6.45, 7) is 3.38. The molecule has 0 bridgehead atoms. The molecule has 3 amide bonds. The Labute approximate surface area is 164 Å². The highest BCUT2D eigenvalue weighted by molar-refractivity contribution is 6.23. The Hall–Kier alpha value is -3.36. The van der Waals surface area contributed by atoms with Crippen molar-refractivity contribution in [2.24, 2.45) is 5.92 Å². The second-order valence-corrected chi connectivity index (χ2v) is 6.78. The van der Waals surface area contributed by atoms with Crippen molar-refractivity contribution >= 4 is 23.4 Å². The number of nitrogens with one attached hydrogen (secondary N) is 1. The second-order valence-electron chi connectivity index (χ2n) is 6.78. The number of fused-ring (bicyclic) bond motifs is 1. The molecular formula is C20H17F3N2O4. The Morgan fingerprint density at radius 2 is 1.48 bits per heavy atom. The van der Waals surface area contributed by atoms with Crippen molar-refractivity contribution in [1.29, 1.82) is 0 Å². The summed E-state index contributed by atoms with van der Waals surface area (Å²) in [5.41, 5.74) is 0.654. The number of ether oxygens (including phenoxy) is 1. The summed E-state index contributed by atoms with van der Waals surface area (Å²) >= 11 is 0. The van der Waals surface area contributed by atoms with Gasteiger partial charge in [0.1, 0.15) is 11.8 Å². The topological polar surface area (TPSA) is 75.7 Å². The summed E-state index contributed by atoms with van der Waals surface area (Å²) in [6, 6.07) is 9.77.